The van der Waals surface area contributed by atoms with E-state index in [0.717, 1.165) is 33.1 Å². The van der Waals surface area contributed by atoms with E-state index >= 15 is 0 Å². The van der Waals surface area contributed by atoms with Gasteiger partial charge in [-0.1, -0.05) is 30.9 Å². The molecule has 0 saturated carbocycles. The third kappa shape index (κ3) is 11.7. The van der Waals surface area contributed by atoms with Crippen LogP contribution in [0, 0.1) is 23.7 Å². The zero-order chi connectivity index (χ0) is 35.7. The normalized spacial score (nSPS) is 9.94. The number of hydrogen-bond acceptors (Lipinski definition) is 11. The second-order valence-electron chi connectivity index (χ2n) is 9.74. The van der Waals surface area contributed by atoms with Crippen molar-refractivity contribution in [3.05, 3.63) is 138 Å². The van der Waals surface area contributed by atoms with Crippen molar-refractivity contribution in [2.75, 3.05) is 31.8 Å². The SMILES string of the molecule is C=CC(=O)OCCSc1ccc(C#Cc2ccc(OC(=O)c3ccc(C#Cc4ccc(SCCOC(=O)C=C)cc4)o3)c(C(=O)OC)c2)cc1. The van der Waals surface area contributed by atoms with Crippen LogP contribution in [0.15, 0.2) is 118 Å². The lowest BCUT2D eigenvalue weighted by molar-refractivity contribution is -0.138. The molecule has 0 amide bonds. The molecular formula is C39H30O9S2. The number of esters is 4. The van der Waals surface area contributed by atoms with E-state index in [2.05, 4.69) is 36.8 Å². The predicted octanol–water partition coefficient (Wildman–Crippen LogP) is 6.73. The van der Waals surface area contributed by atoms with Crippen LogP contribution in [0.5, 0.6) is 5.75 Å². The van der Waals surface area contributed by atoms with Crippen molar-refractivity contribution in [2.45, 2.75) is 9.79 Å². The molecule has 0 spiro atoms. The van der Waals surface area contributed by atoms with Gasteiger partial charge in [-0.25, -0.2) is 19.2 Å². The summed E-state index contributed by atoms with van der Waals surface area (Å²) in [7, 11) is 1.23. The Labute approximate surface area is 298 Å². The largest absolute Gasteiger partial charge is 0.465 e. The van der Waals surface area contributed by atoms with Gasteiger partial charge in [0, 0.05) is 50.1 Å². The number of benzene rings is 3. The van der Waals surface area contributed by atoms with Crippen LogP contribution in [0.4, 0.5) is 0 Å². The van der Waals surface area contributed by atoms with E-state index in [0.29, 0.717) is 17.1 Å². The van der Waals surface area contributed by atoms with Crippen molar-refractivity contribution in [1.82, 2.24) is 0 Å². The fourth-order valence-corrected chi connectivity index (χ4v) is 5.36. The Morgan fingerprint density at radius 2 is 1.20 bits per heavy atom. The topological polar surface area (TPSA) is 118 Å². The standard InChI is InChI=1S/C39H30O9S2/c1-4-36(40)45-22-24-49-31-16-9-27(10-17-31)6-7-29-13-20-34(33(26-29)38(42)44-3)48-39(43)35-21-15-30(47-35)14-8-28-11-18-32(19-12-28)50-25-23-46-37(41)5-2/h4-5,9-13,15-21,26H,1-2,22-25H2,3H3. The van der Waals surface area contributed by atoms with E-state index in [-0.39, 0.29) is 36.0 Å². The van der Waals surface area contributed by atoms with E-state index < -0.39 is 23.9 Å². The molecule has 3 aromatic carbocycles. The molecule has 9 nitrogen and oxygen atoms in total. The molecule has 4 rings (SSSR count). The molecule has 0 N–H and O–H groups in total. The van der Waals surface area contributed by atoms with Crippen LogP contribution in [-0.2, 0) is 23.8 Å². The van der Waals surface area contributed by atoms with Gasteiger partial charge in [-0.15, -0.1) is 23.5 Å². The Morgan fingerprint density at radius 3 is 1.74 bits per heavy atom. The summed E-state index contributed by atoms with van der Waals surface area (Å²) in [5, 5.41) is 0. The molecule has 0 unspecified atom stereocenters. The number of carbonyl (C=O) groups excluding carboxylic acids is 4. The molecule has 0 saturated heterocycles. The Kier molecular flexibility index (Phi) is 14.2. The maximum Gasteiger partial charge on any atom is 0.379 e. The molecule has 0 aliphatic heterocycles. The van der Waals surface area contributed by atoms with Crippen LogP contribution in [-0.4, -0.2) is 55.7 Å². The summed E-state index contributed by atoms with van der Waals surface area (Å²) in [5.74, 6) is 10.8. The van der Waals surface area contributed by atoms with Crippen molar-refractivity contribution in [3.8, 4) is 29.4 Å². The Balaban J connectivity index is 1.35. The van der Waals surface area contributed by atoms with Crippen LogP contribution in [0.25, 0.3) is 0 Å². The summed E-state index contributed by atoms with van der Waals surface area (Å²) in [6.45, 7) is 7.28. The summed E-state index contributed by atoms with van der Waals surface area (Å²) in [6.07, 6.45) is 2.25. The van der Waals surface area contributed by atoms with Crippen LogP contribution in [0.1, 0.15) is 43.4 Å². The Morgan fingerprint density at radius 1 is 0.680 bits per heavy atom. The van der Waals surface area contributed by atoms with Gasteiger partial charge in [0.05, 0.1) is 7.11 Å². The zero-order valence-electron chi connectivity index (χ0n) is 26.9. The Bertz CT molecular complexity index is 1990. The Hall–Kier alpha value is -5.88. The minimum absolute atomic E-state index is 0.0162. The van der Waals surface area contributed by atoms with Crippen LogP contribution >= 0.6 is 23.5 Å². The first-order valence-corrected chi connectivity index (χ1v) is 16.9. The summed E-state index contributed by atoms with van der Waals surface area (Å²) in [4.78, 5) is 49.7. The summed E-state index contributed by atoms with van der Waals surface area (Å²) in [6, 6.07) is 22.6. The quantitative estimate of drug-likeness (QED) is 0.0280. The summed E-state index contributed by atoms with van der Waals surface area (Å²) >= 11 is 3.07. The van der Waals surface area contributed by atoms with Crippen molar-refractivity contribution in [2.24, 2.45) is 0 Å². The highest BCUT2D eigenvalue weighted by Gasteiger charge is 2.20. The van der Waals surface area contributed by atoms with E-state index in [1.807, 2.05) is 48.5 Å². The third-order valence-electron chi connectivity index (χ3n) is 6.31. The highest BCUT2D eigenvalue weighted by atomic mass is 32.2. The lowest BCUT2D eigenvalue weighted by Crippen LogP contribution is -2.12. The monoisotopic (exact) mass is 706 g/mol. The molecule has 0 atom stereocenters. The first-order chi connectivity index (χ1) is 24.3. The lowest BCUT2D eigenvalue weighted by atomic mass is 10.1. The molecular weight excluding hydrogens is 677 g/mol. The maximum atomic E-state index is 12.9. The summed E-state index contributed by atoms with van der Waals surface area (Å²) in [5.41, 5.74) is 2.00. The van der Waals surface area contributed by atoms with E-state index in [1.165, 1.54) is 48.8 Å². The number of hydrogen-bond donors (Lipinski definition) is 0. The number of furan rings is 1. The van der Waals surface area contributed by atoms with Crippen LogP contribution in [0.2, 0.25) is 0 Å². The fraction of sp³-hybridized carbons (Fsp3) is 0.128. The number of methoxy groups -OCH3 is 1. The van der Waals surface area contributed by atoms with Gasteiger partial charge in [0.25, 0.3) is 0 Å². The second kappa shape index (κ2) is 19.2. The van der Waals surface area contributed by atoms with Crippen molar-refractivity contribution >= 4 is 47.4 Å². The second-order valence-corrected chi connectivity index (χ2v) is 12.1. The highest BCUT2D eigenvalue weighted by molar-refractivity contribution is 7.99. The molecule has 0 bridgehead atoms. The minimum atomic E-state index is -0.820. The van der Waals surface area contributed by atoms with Crippen LogP contribution < -0.4 is 4.74 Å². The molecule has 0 aliphatic carbocycles. The number of ether oxygens (including phenoxy) is 4. The average Bonchev–Trinajstić information content (AvgIpc) is 3.63. The fourth-order valence-electron chi connectivity index (χ4n) is 3.90. The third-order valence-corrected chi connectivity index (χ3v) is 8.26. The first kappa shape index (κ1) is 36.9. The maximum absolute atomic E-state index is 12.9. The minimum Gasteiger partial charge on any atom is -0.465 e. The van der Waals surface area contributed by atoms with Gasteiger partial charge in [-0.3, -0.25) is 0 Å². The predicted molar refractivity (Wildman–Crippen MR) is 190 cm³/mol. The molecule has 1 heterocycles. The molecule has 252 valence electrons. The van der Waals surface area contributed by atoms with E-state index in [1.54, 1.807) is 12.1 Å². The van der Waals surface area contributed by atoms with Gasteiger partial charge < -0.3 is 23.4 Å². The van der Waals surface area contributed by atoms with Gasteiger partial charge in [-0.05, 0) is 84.8 Å². The molecule has 11 heteroatoms. The van der Waals surface area contributed by atoms with Gasteiger partial charge >= 0.3 is 23.9 Å². The van der Waals surface area contributed by atoms with Crippen LogP contribution in [0.3, 0.4) is 0 Å². The molecule has 50 heavy (non-hydrogen) atoms. The van der Waals surface area contributed by atoms with Crippen molar-refractivity contribution in [1.29, 1.82) is 0 Å². The van der Waals surface area contributed by atoms with Gasteiger partial charge in [-0.2, -0.15) is 0 Å². The number of rotatable bonds is 13. The van der Waals surface area contributed by atoms with Crippen molar-refractivity contribution < 1.29 is 42.5 Å². The lowest BCUT2D eigenvalue weighted by Gasteiger charge is -2.08. The zero-order valence-corrected chi connectivity index (χ0v) is 28.5. The smallest absolute Gasteiger partial charge is 0.379 e. The van der Waals surface area contributed by atoms with Gasteiger partial charge in [0.2, 0.25) is 5.76 Å². The highest BCUT2D eigenvalue weighted by Crippen LogP contribution is 2.24. The van der Waals surface area contributed by atoms with Gasteiger partial charge in [0.1, 0.15) is 24.5 Å². The number of thioether (sulfide) groups is 2. The molecule has 1 aromatic heterocycles. The molecule has 0 fully saturated rings. The van der Waals surface area contributed by atoms with E-state index in [4.69, 9.17) is 23.4 Å². The first-order valence-electron chi connectivity index (χ1n) is 14.9. The number of carbonyl (C=O) groups is 4. The molecule has 4 aromatic rings. The molecule has 0 radical (unpaired) electrons. The van der Waals surface area contributed by atoms with Gasteiger partial charge in [0.15, 0.2) is 5.76 Å². The van der Waals surface area contributed by atoms with Crippen molar-refractivity contribution in [3.63, 3.8) is 0 Å². The summed E-state index contributed by atoms with van der Waals surface area (Å²) < 4.78 is 25.9. The average molecular weight is 707 g/mol. The molecule has 0 aliphatic rings. The van der Waals surface area contributed by atoms with E-state index in [9.17, 15) is 19.2 Å².